The highest BCUT2D eigenvalue weighted by molar-refractivity contribution is 6.58. The zero-order valence-electron chi connectivity index (χ0n) is 18.5. The summed E-state index contributed by atoms with van der Waals surface area (Å²) in [6.07, 6.45) is 2.58. The van der Waals surface area contributed by atoms with Crippen LogP contribution in [0.15, 0.2) is 18.2 Å². The zero-order valence-corrected chi connectivity index (χ0v) is 19.2. The summed E-state index contributed by atoms with van der Waals surface area (Å²) in [7, 11) is 19.9. The molecule has 2 aromatic carbocycles. The average Bonchev–Trinajstić information content (AvgIpc) is 3.07. The number of aromatic hydroxyl groups is 2. The lowest BCUT2D eigenvalue weighted by Gasteiger charge is -2.36. The van der Waals surface area contributed by atoms with Gasteiger partial charge in [-0.3, -0.25) is 4.90 Å². The van der Waals surface area contributed by atoms with Crippen molar-refractivity contribution in [2.75, 3.05) is 20.1 Å². The van der Waals surface area contributed by atoms with Crippen molar-refractivity contribution in [3.8, 4) is 11.5 Å². The molecule has 0 spiro atoms. The van der Waals surface area contributed by atoms with E-state index in [9.17, 15) is 10.2 Å². The summed E-state index contributed by atoms with van der Waals surface area (Å²) in [6.45, 7) is 5.87. The second-order valence-electron chi connectivity index (χ2n) is 9.17. The quantitative estimate of drug-likeness (QED) is 0.576. The van der Waals surface area contributed by atoms with Gasteiger partial charge in [0.1, 0.15) is 35.0 Å². The zero-order chi connectivity index (χ0) is 23.1. The fraction of sp³-hybridized carbons (Fsp3) is 0.478. The van der Waals surface area contributed by atoms with Gasteiger partial charge in [0.15, 0.2) is 0 Å². The summed E-state index contributed by atoms with van der Waals surface area (Å²) in [6, 6.07) is 5.76. The molecule has 2 aromatic rings. The molecule has 0 heterocycles. The Balaban J connectivity index is 1.97. The largest absolute Gasteiger partial charge is 0.508 e. The van der Waals surface area contributed by atoms with E-state index in [4.69, 9.17) is 40.9 Å². The van der Waals surface area contributed by atoms with Crippen LogP contribution in [0.3, 0.4) is 0 Å². The van der Waals surface area contributed by atoms with Crippen LogP contribution in [0.5, 0.6) is 11.5 Å². The van der Waals surface area contributed by atoms with Crippen LogP contribution in [0.25, 0.3) is 0 Å². The van der Waals surface area contributed by atoms with Gasteiger partial charge in [-0.05, 0) is 69.3 Å². The molecule has 0 amide bonds. The summed E-state index contributed by atoms with van der Waals surface area (Å²) in [5, 5.41) is 22.1. The third-order valence-electron chi connectivity index (χ3n) is 6.94. The topological polar surface area (TPSA) is 69.7 Å². The minimum atomic E-state index is -0.257. The van der Waals surface area contributed by atoms with Gasteiger partial charge in [-0.1, -0.05) is 28.6 Å². The van der Waals surface area contributed by atoms with Gasteiger partial charge in [0.05, 0.1) is 0 Å². The molecule has 158 valence electrons. The minimum Gasteiger partial charge on any atom is -0.508 e. The van der Waals surface area contributed by atoms with E-state index in [1.165, 1.54) is 0 Å². The summed E-state index contributed by atoms with van der Waals surface area (Å²) < 4.78 is 0. The maximum absolute atomic E-state index is 10.7. The van der Waals surface area contributed by atoms with Crippen LogP contribution in [0.2, 0.25) is 5.02 Å². The Morgan fingerprint density at radius 1 is 1.10 bits per heavy atom. The number of nitrogens with two attached hydrogens (primary N) is 1. The Kier molecular flexibility index (Phi) is 7.10. The first kappa shape index (κ1) is 24.1. The monoisotopic (exact) mass is 432 g/mol. The first-order valence-electron chi connectivity index (χ1n) is 10.6. The lowest BCUT2D eigenvalue weighted by Crippen LogP contribution is -2.43. The first-order chi connectivity index (χ1) is 14.5. The summed E-state index contributed by atoms with van der Waals surface area (Å²) in [4.78, 5) is 2.28. The molecule has 0 aliphatic heterocycles. The molecule has 0 unspecified atom stereocenters. The van der Waals surface area contributed by atoms with Crippen LogP contribution in [0, 0.1) is 0 Å². The Labute approximate surface area is 194 Å². The number of fused-ring (bicyclic) bond motifs is 1. The van der Waals surface area contributed by atoms with Gasteiger partial charge in [-0.2, -0.15) is 0 Å². The van der Waals surface area contributed by atoms with Gasteiger partial charge in [0, 0.05) is 35.1 Å². The summed E-state index contributed by atoms with van der Waals surface area (Å²) in [5.41, 5.74) is 8.17. The highest BCUT2D eigenvalue weighted by Gasteiger charge is 2.37. The van der Waals surface area contributed by atoms with E-state index in [0.717, 1.165) is 30.5 Å². The van der Waals surface area contributed by atoms with Crippen molar-refractivity contribution in [1.29, 1.82) is 0 Å². The highest BCUT2D eigenvalue weighted by Crippen LogP contribution is 2.51. The maximum atomic E-state index is 10.7. The third-order valence-corrected chi connectivity index (χ3v) is 7.17. The molecule has 0 saturated heterocycles. The lowest BCUT2D eigenvalue weighted by molar-refractivity contribution is 0.144. The van der Waals surface area contributed by atoms with Crippen molar-refractivity contribution >= 4 is 51.5 Å². The van der Waals surface area contributed by atoms with Gasteiger partial charge in [-0.15, -0.1) is 5.46 Å². The first-order valence-corrected chi connectivity index (χ1v) is 11.0. The van der Waals surface area contributed by atoms with E-state index in [-0.39, 0.29) is 45.3 Å². The predicted octanol–water partition coefficient (Wildman–Crippen LogP) is 1.20. The van der Waals surface area contributed by atoms with E-state index >= 15 is 0 Å². The molecule has 0 fully saturated rings. The normalized spacial score (nSPS) is 18.5. The Bertz CT molecular complexity index is 955. The van der Waals surface area contributed by atoms with E-state index < -0.39 is 0 Å². The number of halogens is 1. The molecule has 1 aliphatic carbocycles. The van der Waals surface area contributed by atoms with Crippen LogP contribution < -0.4 is 22.1 Å². The molecule has 8 heteroatoms. The predicted molar refractivity (Wildman–Crippen MR) is 132 cm³/mol. The van der Waals surface area contributed by atoms with Crippen LogP contribution in [-0.2, 0) is 0 Å². The van der Waals surface area contributed by atoms with E-state index in [0.29, 0.717) is 23.6 Å². The summed E-state index contributed by atoms with van der Waals surface area (Å²) >= 11 is 6.32. The van der Waals surface area contributed by atoms with Crippen molar-refractivity contribution in [3.05, 3.63) is 39.9 Å². The smallest absolute Gasteiger partial charge is 0.118 e. The molecular weight excluding hydrogens is 404 g/mol. The number of phenols is 2. The molecule has 0 aromatic heterocycles. The second kappa shape index (κ2) is 9.13. The van der Waals surface area contributed by atoms with Crippen molar-refractivity contribution in [2.24, 2.45) is 5.73 Å². The highest BCUT2D eigenvalue weighted by atomic mass is 35.5. The Hall–Kier alpha value is -1.56. The van der Waals surface area contributed by atoms with Gasteiger partial charge in [0.2, 0.25) is 0 Å². The number of hydrogen-bond donors (Lipinski definition) is 3. The molecule has 3 rings (SSSR count). The molecule has 0 bridgehead atoms. The molecule has 31 heavy (non-hydrogen) atoms. The standard InChI is InChI=1S/C23H28B3ClN2O2/c1-23(2,29(3)9-8-28)7-6-12-10-16(14-5-4-13(27)11-15(12)14)17-21(30)19(25)18(24)20(26)22(17)31/h4-5,11-12,16,30-31H,6-10,28H2,1-3H3/t12-,16-/m1/s1. The van der Waals surface area contributed by atoms with Crippen molar-refractivity contribution in [3.63, 3.8) is 0 Å². The van der Waals surface area contributed by atoms with Gasteiger partial charge < -0.3 is 15.9 Å². The molecule has 4 N–H and O–H groups in total. The molecule has 2 atom stereocenters. The van der Waals surface area contributed by atoms with Crippen LogP contribution in [-0.4, -0.2) is 64.3 Å². The minimum absolute atomic E-state index is 0.00526. The molecular formula is C23H28B3ClN2O2. The van der Waals surface area contributed by atoms with Crippen LogP contribution >= 0.6 is 11.6 Å². The maximum Gasteiger partial charge on any atom is 0.118 e. The van der Waals surface area contributed by atoms with Gasteiger partial charge >= 0.3 is 0 Å². The van der Waals surface area contributed by atoms with Gasteiger partial charge in [-0.25, -0.2) is 0 Å². The Morgan fingerprint density at radius 3 is 2.29 bits per heavy atom. The summed E-state index contributed by atoms with van der Waals surface area (Å²) in [5.74, 6) is -0.465. The number of phenolic OH excluding ortho intramolecular Hbond substituents is 2. The van der Waals surface area contributed by atoms with E-state index in [2.05, 4.69) is 25.8 Å². The SMILES string of the molecule is [B]c1c([B])c(O)c([C@@H]2C[C@@H](CCC(C)(C)N(C)CCN)c3cc(Cl)ccc32)c(O)c1[B]. The third kappa shape index (κ3) is 4.51. The second-order valence-corrected chi connectivity index (χ2v) is 9.61. The lowest BCUT2D eigenvalue weighted by atomic mass is 9.68. The number of hydrogen-bond acceptors (Lipinski definition) is 4. The van der Waals surface area contributed by atoms with Crippen molar-refractivity contribution in [2.45, 2.75) is 50.5 Å². The fourth-order valence-corrected chi connectivity index (χ4v) is 4.83. The molecule has 6 radical (unpaired) electrons. The average molecular weight is 432 g/mol. The number of nitrogens with zero attached hydrogens (tertiary/aromatic N) is 1. The van der Waals surface area contributed by atoms with Crippen LogP contribution in [0.1, 0.15) is 61.6 Å². The van der Waals surface area contributed by atoms with Crippen molar-refractivity contribution in [1.82, 2.24) is 4.90 Å². The molecule has 4 nitrogen and oxygen atoms in total. The van der Waals surface area contributed by atoms with E-state index in [1.54, 1.807) is 0 Å². The number of benzene rings is 2. The number of rotatable bonds is 7. The van der Waals surface area contributed by atoms with Crippen molar-refractivity contribution < 1.29 is 10.2 Å². The molecule has 0 saturated carbocycles. The Morgan fingerprint density at radius 2 is 1.71 bits per heavy atom. The van der Waals surface area contributed by atoms with Crippen LogP contribution in [0.4, 0.5) is 0 Å². The van der Waals surface area contributed by atoms with Gasteiger partial charge in [0.25, 0.3) is 0 Å². The fourth-order valence-electron chi connectivity index (χ4n) is 4.65. The number of likely N-dealkylation sites (N-methyl/N-ethyl adjacent to an activating group) is 1. The van der Waals surface area contributed by atoms with E-state index in [1.807, 2.05) is 18.2 Å². The molecule has 1 aliphatic rings.